The second-order valence-electron chi connectivity index (χ2n) is 6.23. The molecule has 130 valence electrons. The Morgan fingerprint density at radius 2 is 2.09 bits per heavy atom. The molecule has 3 atom stereocenters. The van der Waals surface area contributed by atoms with Crippen molar-refractivity contribution >= 4 is 30.0 Å². The number of nitrogens with one attached hydrogen (secondary N) is 3. The number of carbonyl (C=O) groups is 3. The molecule has 3 N–H and O–H groups in total. The van der Waals surface area contributed by atoms with Crippen LogP contribution in [0.15, 0.2) is 0 Å². The smallest absolute Gasteiger partial charge is 0.315 e. The van der Waals surface area contributed by atoms with Crippen molar-refractivity contribution in [1.82, 2.24) is 16.0 Å². The Hall–Kier alpha value is -1.24. The molecule has 2 rings (SSSR count). The third-order valence-electron chi connectivity index (χ3n) is 4.40. The Balaban J connectivity index is 1.46. The van der Waals surface area contributed by atoms with Gasteiger partial charge in [0.15, 0.2) is 0 Å². The highest BCUT2D eigenvalue weighted by Crippen LogP contribution is 2.33. The lowest BCUT2D eigenvalue weighted by Gasteiger charge is -2.16. The van der Waals surface area contributed by atoms with Gasteiger partial charge >= 0.3 is 6.03 Å². The SMILES string of the molecule is O=CCCCCCNC(=O)CCCC[C@H]1SCC2NC(=O)NC21. The van der Waals surface area contributed by atoms with Crippen molar-refractivity contribution in [2.75, 3.05) is 12.3 Å². The summed E-state index contributed by atoms with van der Waals surface area (Å²) in [6.45, 7) is 0.706. The lowest BCUT2D eigenvalue weighted by Crippen LogP contribution is -2.36. The fourth-order valence-electron chi connectivity index (χ4n) is 3.12. The van der Waals surface area contributed by atoms with E-state index in [1.807, 2.05) is 11.8 Å². The minimum absolute atomic E-state index is 0.0437. The molecule has 23 heavy (non-hydrogen) atoms. The Bertz CT molecular complexity index is 419. The number of unbranched alkanes of at least 4 members (excludes halogenated alkanes) is 4. The maximum absolute atomic E-state index is 11.7. The van der Waals surface area contributed by atoms with Gasteiger partial charge in [-0.3, -0.25) is 4.79 Å². The van der Waals surface area contributed by atoms with E-state index in [4.69, 9.17) is 0 Å². The highest BCUT2D eigenvalue weighted by atomic mass is 32.2. The Morgan fingerprint density at radius 1 is 1.22 bits per heavy atom. The van der Waals surface area contributed by atoms with Gasteiger partial charge in [-0.1, -0.05) is 12.8 Å². The van der Waals surface area contributed by atoms with E-state index in [-0.39, 0.29) is 24.0 Å². The van der Waals surface area contributed by atoms with Crippen molar-refractivity contribution in [1.29, 1.82) is 0 Å². The van der Waals surface area contributed by atoms with Crippen LogP contribution in [0.2, 0.25) is 0 Å². The molecule has 0 spiro atoms. The van der Waals surface area contributed by atoms with Gasteiger partial charge < -0.3 is 20.7 Å². The summed E-state index contributed by atoms with van der Waals surface area (Å²) in [6, 6.07) is 0.491. The van der Waals surface area contributed by atoms with E-state index >= 15 is 0 Å². The predicted octanol–water partition coefficient (Wildman–Crippen LogP) is 1.59. The molecule has 2 aliphatic heterocycles. The van der Waals surface area contributed by atoms with E-state index in [0.29, 0.717) is 24.6 Å². The summed E-state index contributed by atoms with van der Waals surface area (Å²) in [7, 11) is 0. The minimum Gasteiger partial charge on any atom is -0.356 e. The molecule has 2 unspecified atom stereocenters. The van der Waals surface area contributed by atoms with Crippen LogP contribution in [-0.4, -0.2) is 47.9 Å². The van der Waals surface area contributed by atoms with Crippen molar-refractivity contribution in [3.8, 4) is 0 Å². The van der Waals surface area contributed by atoms with Crippen LogP contribution in [0.4, 0.5) is 4.79 Å². The van der Waals surface area contributed by atoms with Crippen molar-refractivity contribution in [3.63, 3.8) is 0 Å². The minimum atomic E-state index is -0.0437. The Labute approximate surface area is 141 Å². The summed E-state index contributed by atoms with van der Waals surface area (Å²) in [5, 5.41) is 9.34. The normalized spacial score (nSPS) is 25.6. The summed E-state index contributed by atoms with van der Waals surface area (Å²) in [5.74, 6) is 1.10. The lowest BCUT2D eigenvalue weighted by atomic mass is 10.0. The molecule has 0 saturated carbocycles. The first kappa shape index (κ1) is 18.1. The van der Waals surface area contributed by atoms with Crippen LogP contribution < -0.4 is 16.0 Å². The number of thioether (sulfide) groups is 1. The lowest BCUT2D eigenvalue weighted by molar-refractivity contribution is -0.121. The number of hydrogen-bond donors (Lipinski definition) is 3. The van der Waals surface area contributed by atoms with Gasteiger partial charge in [0.2, 0.25) is 5.91 Å². The van der Waals surface area contributed by atoms with Crippen LogP contribution in [0.25, 0.3) is 0 Å². The number of aldehydes is 1. The van der Waals surface area contributed by atoms with E-state index in [1.165, 1.54) is 0 Å². The highest BCUT2D eigenvalue weighted by molar-refractivity contribution is 8.00. The largest absolute Gasteiger partial charge is 0.356 e. The summed E-state index contributed by atoms with van der Waals surface area (Å²) in [5.41, 5.74) is 0. The molecule has 0 aromatic rings. The number of fused-ring (bicyclic) bond motifs is 1. The number of carbonyl (C=O) groups excluding carboxylic acids is 3. The zero-order chi connectivity index (χ0) is 16.5. The first-order valence-corrected chi connectivity index (χ1v) is 9.64. The standard InChI is InChI=1S/C16H27N3O3S/c20-10-6-2-1-5-9-17-14(21)8-4-3-7-13-15-12(11-23-13)18-16(22)19-15/h10,12-13,15H,1-9,11H2,(H,17,21)(H2,18,19,22)/t12?,13-,15?/m1/s1. The summed E-state index contributed by atoms with van der Waals surface area (Å²) >= 11 is 1.92. The molecule has 0 aliphatic carbocycles. The first-order chi connectivity index (χ1) is 11.2. The molecule has 0 aromatic carbocycles. The number of hydrogen-bond acceptors (Lipinski definition) is 4. The van der Waals surface area contributed by atoms with Crippen molar-refractivity contribution < 1.29 is 14.4 Å². The first-order valence-electron chi connectivity index (χ1n) is 8.59. The van der Waals surface area contributed by atoms with Gasteiger partial charge in [-0.25, -0.2) is 4.79 Å². The van der Waals surface area contributed by atoms with Gasteiger partial charge in [-0.05, 0) is 25.7 Å². The molecule has 0 aromatic heterocycles. The van der Waals surface area contributed by atoms with Gasteiger partial charge in [-0.15, -0.1) is 0 Å². The molecule has 0 radical (unpaired) electrons. The molecular weight excluding hydrogens is 314 g/mol. The Kier molecular flexibility index (Phi) is 7.71. The molecule has 2 heterocycles. The van der Waals surface area contributed by atoms with Crippen LogP contribution in [-0.2, 0) is 9.59 Å². The van der Waals surface area contributed by atoms with Gasteiger partial charge in [0, 0.05) is 30.4 Å². The van der Waals surface area contributed by atoms with Gasteiger partial charge in [0.1, 0.15) is 6.29 Å². The second-order valence-corrected chi connectivity index (χ2v) is 7.51. The molecule has 3 amide bonds. The van der Waals surface area contributed by atoms with E-state index in [0.717, 1.165) is 50.6 Å². The maximum atomic E-state index is 11.7. The number of amides is 3. The fourth-order valence-corrected chi connectivity index (χ4v) is 4.66. The maximum Gasteiger partial charge on any atom is 0.315 e. The zero-order valence-electron chi connectivity index (χ0n) is 13.5. The van der Waals surface area contributed by atoms with Crippen LogP contribution >= 0.6 is 11.8 Å². The van der Waals surface area contributed by atoms with E-state index in [1.54, 1.807) is 0 Å². The van der Waals surface area contributed by atoms with Crippen LogP contribution in [0.3, 0.4) is 0 Å². The molecule has 2 aliphatic rings. The quantitative estimate of drug-likeness (QED) is 0.302. The third kappa shape index (κ3) is 6.05. The molecule has 2 fully saturated rings. The third-order valence-corrected chi connectivity index (χ3v) is 5.91. The van der Waals surface area contributed by atoms with Crippen LogP contribution in [0, 0.1) is 0 Å². The van der Waals surface area contributed by atoms with Crippen molar-refractivity contribution in [2.24, 2.45) is 0 Å². The van der Waals surface area contributed by atoms with Crippen molar-refractivity contribution in [2.45, 2.75) is 68.7 Å². The van der Waals surface area contributed by atoms with E-state index in [2.05, 4.69) is 16.0 Å². The topological polar surface area (TPSA) is 87.3 Å². The van der Waals surface area contributed by atoms with Crippen LogP contribution in [0.1, 0.15) is 51.4 Å². The zero-order valence-corrected chi connectivity index (χ0v) is 14.3. The average Bonchev–Trinajstić information content (AvgIpc) is 3.07. The summed E-state index contributed by atoms with van der Waals surface area (Å²) in [6.07, 6.45) is 7.93. The molecule has 7 heteroatoms. The summed E-state index contributed by atoms with van der Waals surface area (Å²) < 4.78 is 0. The van der Waals surface area contributed by atoms with Gasteiger partial charge in [0.05, 0.1) is 12.1 Å². The molecule has 2 saturated heterocycles. The second kappa shape index (κ2) is 9.80. The summed E-state index contributed by atoms with van der Waals surface area (Å²) in [4.78, 5) is 33.2. The van der Waals surface area contributed by atoms with Gasteiger partial charge in [-0.2, -0.15) is 11.8 Å². The predicted molar refractivity (Wildman–Crippen MR) is 91.5 cm³/mol. The number of urea groups is 1. The fraction of sp³-hybridized carbons (Fsp3) is 0.812. The average molecular weight is 341 g/mol. The molecular formula is C16H27N3O3S. The monoisotopic (exact) mass is 341 g/mol. The molecule has 6 nitrogen and oxygen atoms in total. The highest BCUT2D eigenvalue weighted by Gasteiger charge is 2.42. The van der Waals surface area contributed by atoms with Crippen LogP contribution in [0.5, 0.6) is 0 Å². The van der Waals surface area contributed by atoms with E-state index < -0.39 is 0 Å². The van der Waals surface area contributed by atoms with E-state index in [9.17, 15) is 14.4 Å². The number of rotatable bonds is 11. The molecule has 0 bridgehead atoms. The van der Waals surface area contributed by atoms with Crippen molar-refractivity contribution in [3.05, 3.63) is 0 Å². The Morgan fingerprint density at radius 3 is 2.91 bits per heavy atom. The van der Waals surface area contributed by atoms with Gasteiger partial charge in [0.25, 0.3) is 0 Å².